The molecular formula is C14H15F3O. The summed E-state index contributed by atoms with van der Waals surface area (Å²) >= 11 is 0. The molecule has 0 spiro atoms. The molecule has 2 saturated carbocycles. The van der Waals surface area contributed by atoms with Gasteiger partial charge in [-0.15, -0.1) is 0 Å². The Morgan fingerprint density at radius 1 is 1.22 bits per heavy atom. The number of alkyl halides is 3. The predicted octanol–water partition coefficient (Wildman–Crippen LogP) is 3.71. The molecule has 0 amide bonds. The lowest BCUT2D eigenvalue weighted by Gasteiger charge is -2.33. The van der Waals surface area contributed by atoms with Crippen LogP contribution in [0.4, 0.5) is 13.2 Å². The Bertz CT molecular complexity index is 468. The minimum absolute atomic E-state index is 0.131. The fourth-order valence-electron chi connectivity index (χ4n) is 3.62. The average molecular weight is 256 g/mol. The maximum Gasteiger partial charge on any atom is 0.416 e. The van der Waals surface area contributed by atoms with E-state index in [1.165, 1.54) is 6.07 Å². The molecular weight excluding hydrogens is 241 g/mol. The van der Waals surface area contributed by atoms with Gasteiger partial charge in [0.25, 0.3) is 0 Å². The van der Waals surface area contributed by atoms with Crippen LogP contribution in [0, 0.1) is 11.8 Å². The lowest BCUT2D eigenvalue weighted by molar-refractivity contribution is -0.137. The van der Waals surface area contributed by atoms with Gasteiger partial charge in [0.2, 0.25) is 0 Å². The van der Waals surface area contributed by atoms with Crippen LogP contribution < -0.4 is 0 Å². The zero-order chi connectivity index (χ0) is 13.0. The van der Waals surface area contributed by atoms with Gasteiger partial charge in [-0.05, 0) is 55.2 Å². The Labute approximate surface area is 104 Å². The van der Waals surface area contributed by atoms with Crippen LogP contribution in [0.5, 0.6) is 0 Å². The molecule has 2 fully saturated rings. The fourth-order valence-corrected chi connectivity index (χ4v) is 3.62. The maximum absolute atomic E-state index is 12.7. The van der Waals surface area contributed by atoms with Crippen molar-refractivity contribution in [1.29, 1.82) is 0 Å². The first-order valence-electron chi connectivity index (χ1n) is 6.30. The highest BCUT2D eigenvalue weighted by atomic mass is 19.4. The Morgan fingerprint density at radius 3 is 2.56 bits per heavy atom. The zero-order valence-corrected chi connectivity index (χ0v) is 9.87. The lowest BCUT2D eigenvalue weighted by Crippen LogP contribution is -2.32. The molecule has 0 unspecified atom stereocenters. The minimum Gasteiger partial charge on any atom is -0.385 e. The lowest BCUT2D eigenvalue weighted by atomic mass is 9.78. The van der Waals surface area contributed by atoms with Gasteiger partial charge in [-0.1, -0.05) is 12.1 Å². The van der Waals surface area contributed by atoms with Gasteiger partial charge in [0, 0.05) is 0 Å². The van der Waals surface area contributed by atoms with Crippen LogP contribution in [0.25, 0.3) is 0 Å². The van der Waals surface area contributed by atoms with Gasteiger partial charge in [-0.25, -0.2) is 0 Å². The summed E-state index contributed by atoms with van der Waals surface area (Å²) < 4.78 is 38.1. The van der Waals surface area contributed by atoms with Crippen molar-refractivity contribution < 1.29 is 18.3 Å². The Kier molecular flexibility index (Phi) is 2.49. The minimum atomic E-state index is -4.34. The van der Waals surface area contributed by atoms with Crippen molar-refractivity contribution in [3.63, 3.8) is 0 Å². The third-order valence-electron chi connectivity index (χ3n) is 4.51. The van der Waals surface area contributed by atoms with Crippen LogP contribution in [-0.2, 0) is 11.8 Å². The number of halogens is 3. The predicted molar refractivity (Wildman–Crippen MR) is 60.8 cm³/mol. The van der Waals surface area contributed by atoms with E-state index >= 15 is 0 Å². The molecule has 1 aromatic carbocycles. The van der Waals surface area contributed by atoms with Crippen LogP contribution in [0.1, 0.15) is 36.8 Å². The first-order chi connectivity index (χ1) is 8.39. The second-order valence-corrected chi connectivity index (χ2v) is 5.58. The Balaban J connectivity index is 1.98. The summed E-state index contributed by atoms with van der Waals surface area (Å²) in [6, 6.07) is 5.18. The quantitative estimate of drug-likeness (QED) is 0.812. The topological polar surface area (TPSA) is 20.2 Å². The highest BCUT2D eigenvalue weighted by Gasteiger charge is 2.51. The number of hydrogen-bond acceptors (Lipinski definition) is 1. The second kappa shape index (κ2) is 3.73. The first kappa shape index (κ1) is 12.0. The van der Waals surface area contributed by atoms with Crippen LogP contribution in [0.3, 0.4) is 0 Å². The number of fused-ring (bicyclic) bond motifs is 2. The van der Waals surface area contributed by atoms with Crippen molar-refractivity contribution in [2.75, 3.05) is 0 Å². The molecule has 1 aromatic rings. The number of benzene rings is 1. The monoisotopic (exact) mass is 256 g/mol. The SMILES string of the molecule is O[C@@]1(c2cccc(C(F)(F)F)c2)C[C@H]2CC[C@@H]1C2. The average Bonchev–Trinajstić information content (AvgIpc) is 2.88. The van der Waals surface area contributed by atoms with Crippen LogP contribution in [0.15, 0.2) is 24.3 Å². The fraction of sp³-hybridized carbons (Fsp3) is 0.571. The van der Waals surface area contributed by atoms with Gasteiger partial charge >= 0.3 is 6.18 Å². The molecule has 3 rings (SSSR count). The summed E-state index contributed by atoms with van der Waals surface area (Å²) in [7, 11) is 0. The summed E-state index contributed by atoms with van der Waals surface area (Å²) in [4.78, 5) is 0. The summed E-state index contributed by atoms with van der Waals surface area (Å²) in [5.41, 5.74) is -1.27. The van der Waals surface area contributed by atoms with E-state index < -0.39 is 17.3 Å². The molecule has 3 atom stereocenters. The second-order valence-electron chi connectivity index (χ2n) is 5.58. The van der Waals surface area contributed by atoms with Gasteiger partial charge < -0.3 is 5.11 Å². The summed E-state index contributed by atoms with van der Waals surface area (Å²) in [5, 5.41) is 10.7. The smallest absolute Gasteiger partial charge is 0.385 e. The zero-order valence-electron chi connectivity index (χ0n) is 9.87. The molecule has 1 N–H and O–H groups in total. The molecule has 0 saturated heterocycles. The van der Waals surface area contributed by atoms with E-state index in [9.17, 15) is 18.3 Å². The molecule has 4 heteroatoms. The van der Waals surface area contributed by atoms with Crippen molar-refractivity contribution in [2.24, 2.45) is 11.8 Å². The first-order valence-corrected chi connectivity index (χ1v) is 6.30. The molecule has 0 aromatic heterocycles. The third-order valence-corrected chi connectivity index (χ3v) is 4.51. The van der Waals surface area contributed by atoms with E-state index in [1.54, 1.807) is 6.07 Å². The van der Waals surface area contributed by atoms with Gasteiger partial charge in [0.1, 0.15) is 0 Å². The Hall–Kier alpha value is -1.03. The third kappa shape index (κ3) is 1.74. The van der Waals surface area contributed by atoms with Crippen molar-refractivity contribution in [3.05, 3.63) is 35.4 Å². The van der Waals surface area contributed by atoms with Gasteiger partial charge in [-0.3, -0.25) is 0 Å². The van der Waals surface area contributed by atoms with E-state index in [2.05, 4.69) is 0 Å². The van der Waals surface area contributed by atoms with E-state index in [1.807, 2.05) is 0 Å². The largest absolute Gasteiger partial charge is 0.416 e. The summed E-state index contributed by atoms with van der Waals surface area (Å²) in [5.74, 6) is 0.612. The summed E-state index contributed by atoms with van der Waals surface area (Å²) in [6.07, 6.45) is -0.751. The van der Waals surface area contributed by atoms with Gasteiger partial charge in [0.15, 0.2) is 0 Å². The van der Waals surface area contributed by atoms with E-state index in [0.717, 1.165) is 31.4 Å². The number of hydrogen-bond donors (Lipinski definition) is 1. The molecule has 2 aliphatic carbocycles. The van der Waals surface area contributed by atoms with Crippen molar-refractivity contribution >= 4 is 0 Å². The van der Waals surface area contributed by atoms with E-state index in [-0.39, 0.29) is 5.92 Å². The highest BCUT2D eigenvalue weighted by Crippen LogP contribution is 2.55. The number of rotatable bonds is 1. The molecule has 98 valence electrons. The maximum atomic E-state index is 12.7. The van der Waals surface area contributed by atoms with Crippen LogP contribution in [-0.4, -0.2) is 5.11 Å². The van der Waals surface area contributed by atoms with Crippen molar-refractivity contribution in [3.8, 4) is 0 Å². The van der Waals surface area contributed by atoms with Crippen LogP contribution >= 0.6 is 0 Å². The number of aliphatic hydroxyl groups is 1. The van der Waals surface area contributed by atoms with Gasteiger partial charge in [0.05, 0.1) is 11.2 Å². The molecule has 2 bridgehead atoms. The normalized spacial score (nSPS) is 35.1. The van der Waals surface area contributed by atoms with Gasteiger partial charge in [-0.2, -0.15) is 13.2 Å². The molecule has 0 heterocycles. The van der Waals surface area contributed by atoms with Crippen molar-refractivity contribution in [2.45, 2.75) is 37.5 Å². The van der Waals surface area contributed by atoms with Crippen molar-refractivity contribution in [1.82, 2.24) is 0 Å². The van der Waals surface area contributed by atoms with Crippen LogP contribution in [0.2, 0.25) is 0 Å². The standard InChI is InChI=1S/C14H15F3O/c15-14(16,17)12-3-1-2-10(7-12)13(18)8-9-4-5-11(13)6-9/h1-3,7,9,11,18H,4-6,8H2/t9-,11+,13+/m0/s1. The molecule has 0 aliphatic heterocycles. The molecule has 0 radical (unpaired) electrons. The molecule has 2 aliphatic rings. The van der Waals surface area contributed by atoms with E-state index in [4.69, 9.17) is 0 Å². The molecule has 18 heavy (non-hydrogen) atoms. The molecule has 1 nitrogen and oxygen atoms in total. The van der Waals surface area contributed by atoms with E-state index in [0.29, 0.717) is 17.9 Å². The Morgan fingerprint density at radius 2 is 2.00 bits per heavy atom. The summed E-state index contributed by atoms with van der Waals surface area (Å²) in [6.45, 7) is 0. The highest BCUT2D eigenvalue weighted by molar-refractivity contribution is 5.32.